The van der Waals surface area contributed by atoms with Crippen LogP contribution in [0.4, 0.5) is 5.69 Å². The van der Waals surface area contributed by atoms with Gasteiger partial charge in [-0.15, -0.1) is 16.4 Å². The third kappa shape index (κ3) is 3.20. The Hall–Kier alpha value is -2.88. The quantitative estimate of drug-likeness (QED) is 0.349. The van der Waals surface area contributed by atoms with E-state index in [-0.39, 0.29) is 17.2 Å². The predicted molar refractivity (Wildman–Crippen MR) is 119 cm³/mol. The van der Waals surface area contributed by atoms with Crippen LogP contribution in [-0.2, 0) is 19.4 Å². The van der Waals surface area contributed by atoms with E-state index >= 15 is 0 Å². The monoisotopic (exact) mass is 439 g/mol. The van der Waals surface area contributed by atoms with Crippen molar-refractivity contribution in [2.24, 2.45) is 11.3 Å². The van der Waals surface area contributed by atoms with Gasteiger partial charge in [0.15, 0.2) is 11.5 Å². The van der Waals surface area contributed by atoms with Gasteiger partial charge in [0.25, 0.3) is 0 Å². The smallest absolute Gasteiger partial charge is 0.258 e. The first kappa shape index (κ1) is 20.0. The molecule has 0 N–H and O–H groups in total. The minimum absolute atomic E-state index is 0.0492. The molecule has 0 amide bonds. The van der Waals surface area contributed by atoms with Crippen molar-refractivity contribution < 1.29 is 4.92 Å². The highest BCUT2D eigenvalue weighted by Crippen LogP contribution is 2.43. The molecule has 5 rings (SSSR count). The second-order valence-electron chi connectivity index (χ2n) is 9.46. The van der Waals surface area contributed by atoms with Gasteiger partial charge in [-0.2, -0.15) is 5.10 Å². The summed E-state index contributed by atoms with van der Waals surface area (Å²) >= 11 is 1.77. The summed E-state index contributed by atoms with van der Waals surface area (Å²) in [4.78, 5) is 22.8. The van der Waals surface area contributed by atoms with Crippen LogP contribution in [0.15, 0.2) is 6.33 Å². The summed E-state index contributed by atoms with van der Waals surface area (Å²) in [5, 5.41) is 21.3. The van der Waals surface area contributed by atoms with Gasteiger partial charge in [-0.3, -0.25) is 14.8 Å². The highest BCUT2D eigenvalue weighted by Gasteiger charge is 2.32. The van der Waals surface area contributed by atoms with E-state index < -0.39 is 0 Å². The topological polar surface area (TPSA) is 104 Å². The molecule has 0 saturated carbocycles. The van der Waals surface area contributed by atoms with Gasteiger partial charge in [0.1, 0.15) is 29.1 Å². The van der Waals surface area contributed by atoms with Crippen LogP contribution in [0.5, 0.6) is 0 Å². The van der Waals surface area contributed by atoms with Crippen LogP contribution < -0.4 is 0 Å². The van der Waals surface area contributed by atoms with Crippen LogP contribution in [0.1, 0.15) is 54.8 Å². The fraction of sp³-hybridized carbons (Fsp3) is 0.524. The summed E-state index contributed by atoms with van der Waals surface area (Å²) in [6.07, 6.45) is 4.99. The molecule has 0 unspecified atom stereocenters. The molecule has 1 aliphatic carbocycles. The molecule has 0 spiro atoms. The minimum Gasteiger partial charge on any atom is -0.258 e. The number of thiophene rings is 1. The maximum Gasteiger partial charge on any atom is 0.312 e. The van der Waals surface area contributed by atoms with E-state index in [4.69, 9.17) is 4.98 Å². The van der Waals surface area contributed by atoms with Gasteiger partial charge in [-0.05, 0) is 50.0 Å². The van der Waals surface area contributed by atoms with Crippen LogP contribution in [-0.4, -0.2) is 34.3 Å². The maximum absolute atomic E-state index is 11.3. The van der Waals surface area contributed by atoms with Crippen molar-refractivity contribution in [1.82, 2.24) is 29.4 Å². The number of aromatic nitrogens is 6. The molecule has 0 saturated heterocycles. The van der Waals surface area contributed by atoms with Gasteiger partial charge >= 0.3 is 5.69 Å². The number of nitro groups is 1. The molecule has 1 aliphatic rings. The first-order valence-corrected chi connectivity index (χ1v) is 11.3. The van der Waals surface area contributed by atoms with Crippen molar-refractivity contribution in [3.63, 3.8) is 0 Å². The summed E-state index contributed by atoms with van der Waals surface area (Å²) < 4.78 is 3.32. The van der Waals surface area contributed by atoms with Gasteiger partial charge in [0.05, 0.1) is 10.3 Å². The molecular weight excluding hydrogens is 414 g/mol. The average Bonchev–Trinajstić information content (AvgIpc) is 3.33. The van der Waals surface area contributed by atoms with E-state index in [1.165, 1.54) is 16.9 Å². The Morgan fingerprint density at radius 2 is 2.06 bits per heavy atom. The lowest BCUT2D eigenvalue weighted by atomic mass is 9.72. The number of aryl methyl sites for hydroxylation is 2. The molecule has 4 aromatic rings. The van der Waals surface area contributed by atoms with Crippen molar-refractivity contribution >= 4 is 32.9 Å². The normalized spacial score (nSPS) is 16.9. The summed E-state index contributed by atoms with van der Waals surface area (Å²) in [7, 11) is 0. The SMILES string of the molecule is Cc1nn(Cc2nc3c4c5c(sc4ncn3n2)C[C@H](C(C)(C)C)CC5)c(C)c1[N+](=O)[O-]. The van der Waals surface area contributed by atoms with Crippen molar-refractivity contribution in [1.29, 1.82) is 0 Å². The van der Waals surface area contributed by atoms with Gasteiger partial charge in [-0.25, -0.2) is 14.5 Å². The Kier molecular flexibility index (Phi) is 4.40. The summed E-state index contributed by atoms with van der Waals surface area (Å²) in [6.45, 7) is 10.6. The van der Waals surface area contributed by atoms with E-state index in [0.29, 0.717) is 28.5 Å². The van der Waals surface area contributed by atoms with Gasteiger partial charge < -0.3 is 0 Å². The lowest BCUT2D eigenvalue weighted by Gasteiger charge is -2.33. The Labute approximate surface area is 183 Å². The van der Waals surface area contributed by atoms with E-state index in [1.807, 2.05) is 0 Å². The second kappa shape index (κ2) is 6.81. The zero-order valence-electron chi connectivity index (χ0n) is 18.3. The Morgan fingerprint density at radius 1 is 1.29 bits per heavy atom. The number of nitrogens with zero attached hydrogens (tertiary/aromatic N) is 7. The van der Waals surface area contributed by atoms with E-state index in [2.05, 4.69) is 36.0 Å². The lowest BCUT2D eigenvalue weighted by molar-refractivity contribution is -0.386. The first-order chi connectivity index (χ1) is 14.6. The fourth-order valence-corrected chi connectivity index (χ4v) is 5.93. The molecular formula is C21H25N7O2S. The van der Waals surface area contributed by atoms with Crippen LogP contribution in [0, 0.1) is 35.3 Å². The molecule has 0 radical (unpaired) electrons. The summed E-state index contributed by atoms with van der Waals surface area (Å²) in [5.74, 6) is 1.23. The van der Waals surface area contributed by atoms with Gasteiger partial charge in [0.2, 0.25) is 0 Å². The summed E-state index contributed by atoms with van der Waals surface area (Å²) in [5.41, 5.74) is 3.41. The first-order valence-electron chi connectivity index (χ1n) is 10.5. The second-order valence-corrected chi connectivity index (χ2v) is 10.5. The molecule has 31 heavy (non-hydrogen) atoms. The average molecular weight is 440 g/mol. The van der Waals surface area contributed by atoms with E-state index in [9.17, 15) is 10.1 Å². The molecule has 1 atom stereocenters. The van der Waals surface area contributed by atoms with Crippen molar-refractivity contribution in [2.45, 2.75) is 60.4 Å². The predicted octanol–water partition coefficient (Wildman–Crippen LogP) is 4.26. The molecule has 10 heteroatoms. The highest BCUT2D eigenvalue weighted by atomic mass is 32.1. The number of hydrogen-bond donors (Lipinski definition) is 0. The van der Waals surface area contributed by atoms with Crippen LogP contribution >= 0.6 is 11.3 Å². The molecule has 0 fully saturated rings. The molecule has 0 aromatic carbocycles. The molecule has 4 heterocycles. The number of fused-ring (bicyclic) bond motifs is 5. The van der Waals surface area contributed by atoms with Crippen molar-refractivity contribution in [3.05, 3.63) is 44.1 Å². The van der Waals surface area contributed by atoms with E-state index in [1.54, 1.807) is 40.7 Å². The van der Waals surface area contributed by atoms with Gasteiger partial charge in [-0.1, -0.05) is 20.8 Å². The fourth-order valence-electron chi connectivity index (χ4n) is 4.66. The highest BCUT2D eigenvalue weighted by molar-refractivity contribution is 7.19. The maximum atomic E-state index is 11.3. The Bertz CT molecular complexity index is 1340. The molecule has 0 aliphatic heterocycles. The van der Waals surface area contributed by atoms with Crippen LogP contribution in [0.2, 0.25) is 0 Å². The third-order valence-electron chi connectivity index (χ3n) is 6.47. The number of rotatable bonds is 3. The number of hydrogen-bond acceptors (Lipinski definition) is 7. The van der Waals surface area contributed by atoms with Crippen molar-refractivity contribution in [3.8, 4) is 0 Å². The van der Waals surface area contributed by atoms with Crippen LogP contribution in [0.3, 0.4) is 0 Å². The van der Waals surface area contributed by atoms with E-state index in [0.717, 1.165) is 28.7 Å². The molecule has 9 nitrogen and oxygen atoms in total. The Balaban J connectivity index is 1.55. The van der Waals surface area contributed by atoms with Crippen molar-refractivity contribution in [2.75, 3.05) is 0 Å². The summed E-state index contributed by atoms with van der Waals surface area (Å²) in [6, 6.07) is 0. The minimum atomic E-state index is -0.388. The lowest BCUT2D eigenvalue weighted by Crippen LogP contribution is -2.26. The largest absolute Gasteiger partial charge is 0.312 e. The Morgan fingerprint density at radius 3 is 2.74 bits per heavy atom. The molecule has 4 aromatic heterocycles. The van der Waals surface area contributed by atoms with Crippen LogP contribution in [0.25, 0.3) is 15.9 Å². The molecule has 162 valence electrons. The zero-order chi connectivity index (χ0) is 22.1. The zero-order valence-corrected chi connectivity index (χ0v) is 19.2. The standard InChI is InChI=1S/C21H25N7O2S/c1-11-18(28(29)30)12(2)26(24-11)9-16-23-19-17-14-7-6-13(21(3,4)5)8-15(14)31-20(17)22-10-27(19)25-16/h10,13H,6-9H2,1-5H3/t13-/m1/s1. The third-order valence-corrected chi connectivity index (χ3v) is 7.63. The molecule has 0 bridgehead atoms. The van der Waals surface area contributed by atoms with Gasteiger partial charge in [0, 0.05) is 4.88 Å².